The Labute approximate surface area is 132 Å². The van der Waals surface area contributed by atoms with Crippen molar-refractivity contribution in [3.63, 3.8) is 0 Å². The van der Waals surface area contributed by atoms with Gasteiger partial charge in [0.05, 0.1) is 5.60 Å². The number of aliphatic hydroxyl groups is 1. The molecule has 0 spiro atoms. The average Bonchev–Trinajstić information content (AvgIpc) is 2.94. The van der Waals surface area contributed by atoms with Crippen LogP contribution in [0.4, 0.5) is 0 Å². The second kappa shape index (κ2) is 6.59. The largest absolute Gasteiger partial charge is 0.389 e. The lowest BCUT2D eigenvalue weighted by atomic mass is 10.0. The topological polar surface area (TPSA) is 36.4 Å². The van der Waals surface area contributed by atoms with Crippen LogP contribution in [0.5, 0.6) is 0 Å². The van der Waals surface area contributed by atoms with E-state index in [2.05, 4.69) is 41.2 Å². The van der Waals surface area contributed by atoms with Gasteiger partial charge in [0.25, 0.3) is 0 Å². The van der Waals surface area contributed by atoms with Gasteiger partial charge in [-0.1, -0.05) is 31.0 Å². The third kappa shape index (κ3) is 3.73. The zero-order chi connectivity index (χ0) is 15.4. The average molecular weight is 296 g/mol. The first-order chi connectivity index (χ1) is 10.6. The third-order valence-electron chi connectivity index (χ3n) is 4.49. The zero-order valence-electron chi connectivity index (χ0n) is 13.2. The van der Waals surface area contributed by atoms with Gasteiger partial charge in [-0.15, -0.1) is 0 Å². The Morgan fingerprint density at radius 3 is 2.55 bits per heavy atom. The molecule has 1 fully saturated rings. The smallest absolute Gasteiger partial charge is 0.0774 e. The van der Waals surface area contributed by atoms with Crippen LogP contribution in [0.3, 0.4) is 0 Å². The molecular formula is C19H24N2O. The van der Waals surface area contributed by atoms with E-state index in [1.54, 1.807) is 0 Å². The van der Waals surface area contributed by atoms with E-state index in [0.29, 0.717) is 0 Å². The van der Waals surface area contributed by atoms with Crippen LogP contribution >= 0.6 is 0 Å². The number of rotatable bonds is 5. The molecule has 22 heavy (non-hydrogen) atoms. The summed E-state index contributed by atoms with van der Waals surface area (Å²) in [4.78, 5) is 6.30. The molecule has 3 nitrogen and oxygen atoms in total. The zero-order valence-corrected chi connectivity index (χ0v) is 13.2. The van der Waals surface area contributed by atoms with Crippen molar-refractivity contribution in [1.82, 2.24) is 9.88 Å². The van der Waals surface area contributed by atoms with E-state index in [9.17, 15) is 5.11 Å². The molecule has 1 aromatic heterocycles. The monoisotopic (exact) mass is 296 g/mol. The highest BCUT2D eigenvalue weighted by Gasteiger charge is 2.32. The highest BCUT2D eigenvalue weighted by atomic mass is 16.3. The minimum absolute atomic E-state index is 0.475. The van der Waals surface area contributed by atoms with Crippen LogP contribution in [-0.4, -0.2) is 34.2 Å². The SMILES string of the molecule is CN(Cc1cccc(-c2ccncc2)c1)CC1(O)CCCC1. The standard InChI is InChI=1S/C19H24N2O/c1-21(15-19(22)9-2-3-10-19)14-16-5-4-6-18(13-16)17-7-11-20-12-8-17/h4-8,11-13,22H,2-3,9-10,14-15H2,1H3. The van der Waals surface area contributed by atoms with Crippen molar-refractivity contribution in [2.45, 2.75) is 37.8 Å². The van der Waals surface area contributed by atoms with Crippen molar-refractivity contribution in [3.05, 3.63) is 54.4 Å². The highest BCUT2D eigenvalue weighted by Crippen LogP contribution is 2.30. The molecule has 1 aliphatic carbocycles. The van der Waals surface area contributed by atoms with E-state index >= 15 is 0 Å². The molecule has 0 unspecified atom stereocenters. The number of hydrogen-bond donors (Lipinski definition) is 1. The van der Waals surface area contributed by atoms with Crippen molar-refractivity contribution >= 4 is 0 Å². The second-order valence-corrected chi connectivity index (χ2v) is 6.54. The molecule has 3 rings (SSSR count). The van der Waals surface area contributed by atoms with E-state index in [-0.39, 0.29) is 0 Å². The first kappa shape index (κ1) is 15.2. The molecule has 1 aliphatic rings. The molecular weight excluding hydrogens is 272 g/mol. The molecule has 116 valence electrons. The fraction of sp³-hybridized carbons (Fsp3) is 0.421. The summed E-state index contributed by atoms with van der Waals surface area (Å²) < 4.78 is 0. The number of benzene rings is 1. The molecule has 0 radical (unpaired) electrons. The van der Waals surface area contributed by atoms with E-state index in [4.69, 9.17) is 0 Å². The van der Waals surface area contributed by atoms with Crippen LogP contribution in [0, 0.1) is 0 Å². The van der Waals surface area contributed by atoms with E-state index in [1.807, 2.05) is 24.5 Å². The fourth-order valence-electron chi connectivity index (χ4n) is 3.45. The van der Waals surface area contributed by atoms with Gasteiger partial charge in [0, 0.05) is 25.5 Å². The predicted octanol–water partition coefficient (Wildman–Crippen LogP) is 3.49. The third-order valence-corrected chi connectivity index (χ3v) is 4.49. The number of hydrogen-bond acceptors (Lipinski definition) is 3. The summed E-state index contributed by atoms with van der Waals surface area (Å²) in [6, 6.07) is 12.7. The highest BCUT2D eigenvalue weighted by molar-refractivity contribution is 5.63. The van der Waals surface area contributed by atoms with Gasteiger partial charge in [-0.2, -0.15) is 0 Å². The molecule has 0 aliphatic heterocycles. The number of pyridine rings is 1. The van der Waals surface area contributed by atoms with Crippen LogP contribution in [0.1, 0.15) is 31.2 Å². The predicted molar refractivity (Wildman–Crippen MR) is 89.4 cm³/mol. The fourth-order valence-corrected chi connectivity index (χ4v) is 3.45. The summed E-state index contributed by atoms with van der Waals surface area (Å²) in [5.41, 5.74) is 3.21. The molecule has 0 atom stereocenters. The molecule has 0 bridgehead atoms. The van der Waals surface area contributed by atoms with Crippen molar-refractivity contribution in [3.8, 4) is 11.1 Å². The molecule has 1 aromatic carbocycles. The van der Waals surface area contributed by atoms with Crippen LogP contribution in [0.25, 0.3) is 11.1 Å². The lowest BCUT2D eigenvalue weighted by Gasteiger charge is -2.28. The van der Waals surface area contributed by atoms with Crippen LogP contribution in [-0.2, 0) is 6.54 Å². The van der Waals surface area contributed by atoms with E-state index in [0.717, 1.165) is 38.8 Å². The minimum Gasteiger partial charge on any atom is -0.389 e. The Kier molecular flexibility index (Phi) is 4.55. The Balaban J connectivity index is 1.68. The van der Waals surface area contributed by atoms with Crippen LogP contribution in [0.15, 0.2) is 48.8 Å². The Bertz CT molecular complexity index is 606. The maximum Gasteiger partial charge on any atom is 0.0774 e. The minimum atomic E-state index is -0.475. The molecule has 1 saturated carbocycles. The number of nitrogens with zero attached hydrogens (tertiary/aromatic N) is 2. The van der Waals surface area contributed by atoms with Gasteiger partial charge in [-0.25, -0.2) is 0 Å². The number of aromatic nitrogens is 1. The summed E-state index contributed by atoms with van der Waals surface area (Å²) in [6.45, 7) is 1.62. The molecule has 3 heteroatoms. The van der Waals surface area contributed by atoms with Crippen LogP contribution < -0.4 is 0 Å². The van der Waals surface area contributed by atoms with Gasteiger partial charge in [0.15, 0.2) is 0 Å². The van der Waals surface area contributed by atoms with E-state index in [1.165, 1.54) is 16.7 Å². The van der Waals surface area contributed by atoms with Gasteiger partial charge in [0.1, 0.15) is 0 Å². The van der Waals surface area contributed by atoms with Crippen molar-refractivity contribution in [2.75, 3.05) is 13.6 Å². The molecule has 1 heterocycles. The summed E-state index contributed by atoms with van der Waals surface area (Å²) in [5, 5.41) is 10.5. The maximum atomic E-state index is 10.5. The molecule has 2 aromatic rings. The molecule has 0 saturated heterocycles. The van der Waals surface area contributed by atoms with Gasteiger partial charge in [0.2, 0.25) is 0 Å². The van der Waals surface area contributed by atoms with Gasteiger partial charge in [-0.3, -0.25) is 9.88 Å². The summed E-state index contributed by atoms with van der Waals surface area (Å²) in [5.74, 6) is 0. The molecule has 1 N–H and O–H groups in total. The van der Waals surface area contributed by atoms with Crippen LogP contribution in [0.2, 0.25) is 0 Å². The van der Waals surface area contributed by atoms with Gasteiger partial charge in [-0.05, 0) is 54.8 Å². The summed E-state index contributed by atoms with van der Waals surface area (Å²) >= 11 is 0. The van der Waals surface area contributed by atoms with Crippen molar-refractivity contribution in [2.24, 2.45) is 0 Å². The Morgan fingerprint density at radius 1 is 1.09 bits per heavy atom. The number of likely N-dealkylation sites (N-methyl/N-ethyl adjacent to an activating group) is 1. The van der Waals surface area contributed by atoms with Crippen molar-refractivity contribution < 1.29 is 5.11 Å². The maximum absolute atomic E-state index is 10.5. The summed E-state index contributed by atoms with van der Waals surface area (Å²) in [6.07, 6.45) is 7.83. The van der Waals surface area contributed by atoms with Gasteiger partial charge < -0.3 is 5.11 Å². The van der Waals surface area contributed by atoms with Crippen molar-refractivity contribution in [1.29, 1.82) is 0 Å². The van der Waals surface area contributed by atoms with Gasteiger partial charge >= 0.3 is 0 Å². The normalized spacial score (nSPS) is 17.0. The first-order valence-electron chi connectivity index (χ1n) is 8.05. The first-order valence-corrected chi connectivity index (χ1v) is 8.05. The second-order valence-electron chi connectivity index (χ2n) is 6.54. The molecule has 0 amide bonds. The van der Waals surface area contributed by atoms with E-state index < -0.39 is 5.60 Å². The lowest BCUT2D eigenvalue weighted by Crippen LogP contribution is -2.38. The Hall–Kier alpha value is -1.71. The Morgan fingerprint density at radius 2 is 1.82 bits per heavy atom. The quantitative estimate of drug-likeness (QED) is 0.917. The lowest BCUT2D eigenvalue weighted by molar-refractivity contribution is 0.0145. The summed E-state index contributed by atoms with van der Waals surface area (Å²) in [7, 11) is 2.09.